The van der Waals surface area contributed by atoms with Crippen molar-refractivity contribution in [1.29, 1.82) is 0 Å². The van der Waals surface area contributed by atoms with Crippen LogP contribution in [0.1, 0.15) is 20.8 Å². The minimum atomic E-state index is -0.500. The molecule has 2 heteroatoms. The maximum Gasteiger partial charge on any atom is 0.0563 e. The summed E-state index contributed by atoms with van der Waals surface area (Å²) in [6, 6.07) is 0. The van der Waals surface area contributed by atoms with Gasteiger partial charge in [0.05, 0.1) is 5.60 Å². The van der Waals surface area contributed by atoms with Gasteiger partial charge in [-0.1, -0.05) is 0 Å². The molecule has 0 saturated heterocycles. The second-order valence-electron chi connectivity index (χ2n) is 2.17. The van der Waals surface area contributed by atoms with Gasteiger partial charge in [0, 0.05) is 18.6 Å². The molecule has 1 nitrogen and oxygen atoms in total. The Hall–Kier alpha value is 0.544. The number of aliphatic hydroxyl groups is 1. The Labute approximate surface area is 50.6 Å². The van der Waals surface area contributed by atoms with E-state index in [9.17, 15) is 0 Å². The summed E-state index contributed by atoms with van der Waals surface area (Å²) in [6.07, 6.45) is 0. The van der Waals surface area contributed by atoms with E-state index in [-0.39, 0.29) is 18.6 Å². The van der Waals surface area contributed by atoms with Crippen LogP contribution < -0.4 is 0 Å². The molecule has 0 aliphatic rings. The fourth-order valence-electron chi connectivity index (χ4n) is 0. The van der Waals surface area contributed by atoms with Gasteiger partial charge in [0.15, 0.2) is 0 Å². The zero-order chi connectivity index (χ0) is 4.50. The van der Waals surface area contributed by atoms with Gasteiger partial charge in [0.25, 0.3) is 0 Å². The van der Waals surface area contributed by atoms with Gasteiger partial charge in [0.1, 0.15) is 0 Å². The summed E-state index contributed by atoms with van der Waals surface area (Å²) in [5, 5.41) is 8.52. The molecular formula is C4H10OV. The van der Waals surface area contributed by atoms with E-state index in [0.29, 0.717) is 0 Å². The smallest absolute Gasteiger partial charge is 0.0563 e. The van der Waals surface area contributed by atoms with Gasteiger partial charge in [-0.3, -0.25) is 0 Å². The predicted molar refractivity (Wildman–Crippen MR) is 22.0 cm³/mol. The second-order valence-corrected chi connectivity index (χ2v) is 2.17. The predicted octanol–water partition coefficient (Wildman–Crippen LogP) is 0.775. The van der Waals surface area contributed by atoms with Crippen molar-refractivity contribution in [2.75, 3.05) is 0 Å². The molecule has 1 N–H and O–H groups in total. The first-order chi connectivity index (χ1) is 2.00. The van der Waals surface area contributed by atoms with E-state index < -0.39 is 5.60 Å². The molecule has 0 rings (SSSR count). The maximum atomic E-state index is 8.52. The zero-order valence-electron chi connectivity index (χ0n) is 4.39. The van der Waals surface area contributed by atoms with Crippen LogP contribution in [-0.2, 0) is 18.6 Å². The van der Waals surface area contributed by atoms with Crippen LogP contribution in [0.3, 0.4) is 0 Å². The Balaban J connectivity index is 0. The molecule has 0 aliphatic heterocycles. The van der Waals surface area contributed by atoms with Crippen molar-refractivity contribution < 1.29 is 23.7 Å². The van der Waals surface area contributed by atoms with E-state index in [2.05, 4.69) is 0 Å². The van der Waals surface area contributed by atoms with Crippen molar-refractivity contribution in [3.8, 4) is 0 Å². The number of hydrogen-bond acceptors (Lipinski definition) is 1. The van der Waals surface area contributed by atoms with E-state index in [0.717, 1.165) is 0 Å². The largest absolute Gasteiger partial charge is 0.391 e. The molecule has 0 aromatic heterocycles. The van der Waals surface area contributed by atoms with E-state index >= 15 is 0 Å². The molecule has 0 spiro atoms. The van der Waals surface area contributed by atoms with E-state index in [4.69, 9.17) is 5.11 Å². The molecule has 0 amide bonds. The van der Waals surface area contributed by atoms with Crippen molar-refractivity contribution in [2.45, 2.75) is 26.4 Å². The van der Waals surface area contributed by atoms with Gasteiger partial charge in [0.2, 0.25) is 0 Å². The molecular weight excluding hydrogens is 115 g/mol. The van der Waals surface area contributed by atoms with Crippen molar-refractivity contribution in [1.82, 2.24) is 0 Å². The van der Waals surface area contributed by atoms with Crippen LogP contribution in [-0.4, -0.2) is 10.7 Å². The van der Waals surface area contributed by atoms with Crippen LogP contribution in [0.15, 0.2) is 0 Å². The molecule has 0 bridgehead atoms. The monoisotopic (exact) mass is 125 g/mol. The van der Waals surface area contributed by atoms with Crippen LogP contribution in [0.25, 0.3) is 0 Å². The molecule has 6 heavy (non-hydrogen) atoms. The maximum absolute atomic E-state index is 8.52. The summed E-state index contributed by atoms with van der Waals surface area (Å²) in [5.41, 5.74) is -0.500. The minimum Gasteiger partial charge on any atom is -0.391 e. The topological polar surface area (TPSA) is 20.2 Å². The van der Waals surface area contributed by atoms with E-state index in [1.807, 2.05) is 0 Å². The van der Waals surface area contributed by atoms with Crippen LogP contribution in [0.4, 0.5) is 0 Å². The Morgan fingerprint density at radius 3 is 1.17 bits per heavy atom. The van der Waals surface area contributed by atoms with Gasteiger partial charge in [-0.05, 0) is 20.8 Å². The standard InChI is InChI=1S/C4H10O.V/c1-4(2,3)5;/h5H,1-3H3;. The summed E-state index contributed by atoms with van der Waals surface area (Å²) >= 11 is 0. The third-order valence-corrected chi connectivity index (χ3v) is 0. The Bertz CT molecular complexity index is 23.0. The van der Waals surface area contributed by atoms with Crippen molar-refractivity contribution in [2.24, 2.45) is 0 Å². The van der Waals surface area contributed by atoms with E-state index in [1.165, 1.54) is 0 Å². The first kappa shape index (κ1) is 9.74. The molecule has 0 unspecified atom stereocenters. The number of rotatable bonds is 0. The van der Waals surface area contributed by atoms with Crippen LogP contribution in [0.2, 0.25) is 0 Å². The first-order valence-corrected chi connectivity index (χ1v) is 1.72. The average Bonchev–Trinajstić information content (AvgIpc) is 0.722. The quantitative estimate of drug-likeness (QED) is 0.507. The van der Waals surface area contributed by atoms with Crippen molar-refractivity contribution in [3.05, 3.63) is 0 Å². The molecule has 0 aromatic carbocycles. The van der Waals surface area contributed by atoms with Gasteiger partial charge in [-0.2, -0.15) is 0 Å². The molecule has 0 aliphatic carbocycles. The minimum absolute atomic E-state index is 0. The molecule has 0 saturated carbocycles. The van der Waals surface area contributed by atoms with Gasteiger partial charge >= 0.3 is 0 Å². The fourth-order valence-corrected chi connectivity index (χ4v) is 0. The Morgan fingerprint density at radius 2 is 1.17 bits per heavy atom. The zero-order valence-corrected chi connectivity index (χ0v) is 5.79. The summed E-state index contributed by atoms with van der Waals surface area (Å²) in [4.78, 5) is 0. The van der Waals surface area contributed by atoms with Crippen LogP contribution in [0, 0.1) is 0 Å². The van der Waals surface area contributed by atoms with E-state index in [1.54, 1.807) is 20.8 Å². The third kappa shape index (κ3) is 193. The van der Waals surface area contributed by atoms with Gasteiger partial charge in [-0.15, -0.1) is 0 Å². The number of hydrogen-bond donors (Lipinski definition) is 1. The molecule has 0 fully saturated rings. The first-order valence-electron chi connectivity index (χ1n) is 1.72. The summed E-state index contributed by atoms with van der Waals surface area (Å²) in [7, 11) is 0. The Kier molecular flexibility index (Phi) is 4.34. The van der Waals surface area contributed by atoms with Crippen LogP contribution >= 0.6 is 0 Å². The van der Waals surface area contributed by atoms with Gasteiger partial charge < -0.3 is 5.11 Å². The molecule has 37 valence electrons. The third-order valence-electron chi connectivity index (χ3n) is 0. The van der Waals surface area contributed by atoms with Gasteiger partial charge in [-0.25, -0.2) is 0 Å². The SMILES string of the molecule is CC(C)(C)O.[V]. The molecule has 1 radical (unpaired) electrons. The Morgan fingerprint density at radius 1 is 1.17 bits per heavy atom. The second kappa shape index (κ2) is 2.67. The van der Waals surface area contributed by atoms with Crippen molar-refractivity contribution >= 4 is 0 Å². The summed E-state index contributed by atoms with van der Waals surface area (Å²) in [5.74, 6) is 0. The normalized spacial score (nSPS) is 10.0. The fraction of sp³-hybridized carbons (Fsp3) is 1.00. The summed E-state index contributed by atoms with van der Waals surface area (Å²) < 4.78 is 0. The summed E-state index contributed by atoms with van der Waals surface area (Å²) in [6.45, 7) is 5.23. The molecule has 0 atom stereocenters. The molecule has 0 aromatic rings. The molecule has 0 heterocycles. The average molecular weight is 125 g/mol. The van der Waals surface area contributed by atoms with Crippen molar-refractivity contribution in [3.63, 3.8) is 0 Å². The van der Waals surface area contributed by atoms with Crippen LogP contribution in [0.5, 0.6) is 0 Å².